The van der Waals surface area contributed by atoms with Crippen molar-refractivity contribution in [2.45, 2.75) is 20.8 Å². The molecule has 25 heavy (non-hydrogen) atoms. The Labute approximate surface area is 145 Å². The van der Waals surface area contributed by atoms with Gasteiger partial charge in [0.25, 0.3) is 0 Å². The maximum absolute atomic E-state index is 11.5. The summed E-state index contributed by atoms with van der Waals surface area (Å²) in [4.78, 5) is 13.6. The number of hydrogen-bond acceptors (Lipinski definition) is 7. The highest BCUT2D eigenvalue weighted by atomic mass is 16.1. The van der Waals surface area contributed by atoms with Crippen LogP contribution < -0.4 is 16.0 Å². The number of nitrogen functional groups attached to an aromatic ring is 1. The van der Waals surface area contributed by atoms with E-state index < -0.39 is 0 Å². The number of azo groups is 1. The number of aromatic amines is 1. The molecule has 0 radical (unpaired) electrons. The third kappa shape index (κ3) is 4.11. The summed E-state index contributed by atoms with van der Waals surface area (Å²) < 4.78 is 0. The van der Waals surface area contributed by atoms with Crippen LogP contribution in [0.4, 0.5) is 28.7 Å². The van der Waals surface area contributed by atoms with E-state index in [2.05, 4.69) is 44.5 Å². The molecule has 0 bridgehead atoms. The first kappa shape index (κ1) is 17.9. The number of nitrogens with one attached hydrogen (secondary N) is 2. The molecule has 9 nitrogen and oxygen atoms in total. The minimum atomic E-state index is -0.213. The van der Waals surface area contributed by atoms with Gasteiger partial charge in [-0.1, -0.05) is 0 Å². The lowest BCUT2D eigenvalue weighted by atomic mass is 10.2. The lowest BCUT2D eigenvalue weighted by Crippen LogP contribution is -2.21. The minimum Gasteiger partial charge on any atom is -0.383 e. The van der Waals surface area contributed by atoms with E-state index in [0.717, 1.165) is 18.8 Å². The van der Waals surface area contributed by atoms with Gasteiger partial charge in [-0.05, 0) is 32.0 Å². The molecule has 0 atom stereocenters. The molecule has 2 rings (SSSR count). The van der Waals surface area contributed by atoms with E-state index in [1.165, 1.54) is 6.92 Å². The average molecular weight is 340 g/mol. The summed E-state index contributed by atoms with van der Waals surface area (Å²) in [6.45, 7) is 7.22. The minimum absolute atomic E-state index is 0.0987. The molecule has 0 fully saturated rings. The zero-order valence-electron chi connectivity index (χ0n) is 14.4. The molecule has 0 saturated heterocycles. The topological polar surface area (TPSA) is 136 Å². The van der Waals surface area contributed by atoms with Crippen LogP contribution in [0.2, 0.25) is 0 Å². The molecule has 1 amide bonds. The lowest BCUT2D eigenvalue weighted by molar-refractivity contribution is -0.114. The average Bonchev–Trinajstić information content (AvgIpc) is 2.94. The van der Waals surface area contributed by atoms with Gasteiger partial charge in [-0.2, -0.15) is 10.4 Å². The van der Waals surface area contributed by atoms with Crippen molar-refractivity contribution in [1.29, 1.82) is 5.26 Å². The fraction of sp³-hybridized carbons (Fsp3) is 0.312. The van der Waals surface area contributed by atoms with E-state index in [1.807, 2.05) is 18.2 Å². The van der Waals surface area contributed by atoms with E-state index in [1.54, 1.807) is 6.07 Å². The molecule has 4 N–H and O–H groups in total. The Morgan fingerprint density at radius 1 is 1.40 bits per heavy atom. The van der Waals surface area contributed by atoms with E-state index in [0.29, 0.717) is 11.4 Å². The second-order valence-corrected chi connectivity index (χ2v) is 5.20. The van der Waals surface area contributed by atoms with Crippen LogP contribution >= 0.6 is 0 Å². The first-order chi connectivity index (χ1) is 12.0. The van der Waals surface area contributed by atoms with Crippen molar-refractivity contribution in [3.8, 4) is 6.07 Å². The zero-order valence-corrected chi connectivity index (χ0v) is 14.4. The Morgan fingerprint density at radius 2 is 2.12 bits per heavy atom. The number of amides is 1. The van der Waals surface area contributed by atoms with Crippen molar-refractivity contribution >= 4 is 34.6 Å². The normalized spacial score (nSPS) is 10.6. The first-order valence-corrected chi connectivity index (χ1v) is 7.82. The van der Waals surface area contributed by atoms with Crippen LogP contribution in [0, 0.1) is 11.3 Å². The van der Waals surface area contributed by atoms with Gasteiger partial charge in [0.15, 0.2) is 0 Å². The number of nitrogens with zero attached hydrogens (tertiary/aromatic N) is 5. The smallest absolute Gasteiger partial charge is 0.221 e. The molecular formula is C16H20N8O. The van der Waals surface area contributed by atoms with E-state index in [9.17, 15) is 4.79 Å². The number of rotatable bonds is 6. The summed E-state index contributed by atoms with van der Waals surface area (Å²) in [5.41, 5.74) is 7.68. The van der Waals surface area contributed by atoms with E-state index in [-0.39, 0.29) is 23.1 Å². The predicted molar refractivity (Wildman–Crippen MR) is 96.2 cm³/mol. The number of aromatic nitrogens is 2. The predicted octanol–water partition coefficient (Wildman–Crippen LogP) is 3.08. The summed E-state index contributed by atoms with van der Waals surface area (Å²) in [6.07, 6.45) is 0. The lowest BCUT2D eigenvalue weighted by Gasteiger charge is -2.22. The Balaban J connectivity index is 2.40. The zero-order chi connectivity index (χ0) is 18.4. The van der Waals surface area contributed by atoms with Crippen molar-refractivity contribution in [3.05, 3.63) is 23.8 Å². The van der Waals surface area contributed by atoms with Crippen LogP contribution in [0.15, 0.2) is 28.4 Å². The molecule has 0 unspecified atom stereocenters. The number of nitriles is 1. The second kappa shape index (κ2) is 7.92. The molecule has 0 aliphatic heterocycles. The largest absolute Gasteiger partial charge is 0.383 e. The Bertz CT molecular complexity index is 829. The maximum Gasteiger partial charge on any atom is 0.221 e. The molecule has 0 aliphatic carbocycles. The molecule has 1 heterocycles. The third-order valence-corrected chi connectivity index (χ3v) is 3.56. The van der Waals surface area contributed by atoms with Crippen LogP contribution in [-0.2, 0) is 4.79 Å². The number of nitrogens with two attached hydrogens (primary N) is 1. The Hall–Kier alpha value is -3.41. The number of anilines is 3. The summed E-state index contributed by atoms with van der Waals surface area (Å²) in [5.74, 6) is 0.0203. The Kier molecular flexibility index (Phi) is 5.68. The molecule has 0 saturated carbocycles. The van der Waals surface area contributed by atoms with Gasteiger partial charge in [-0.3, -0.25) is 9.89 Å². The molecule has 0 spiro atoms. The number of hydrogen-bond donors (Lipinski definition) is 3. The van der Waals surface area contributed by atoms with Gasteiger partial charge in [-0.25, -0.2) is 0 Å². The number of carbonyl (C=O) groups excluding carboxylic acids is 1. The molecule has 0 aliphatic rings. The summed E-state index contributed by atoms with van der Waals surface area (Å²) in [5, 5.41) is 26.2. The SMILES string of the molecule is CCN(CC)c1ccc(N=Nc2n[nH]c(N)c2C#N)c(NC(C)=O)c1. The van der Waals surface area contributed by atoms with Crippen LogP contribution in [-0.4, -0.2) is 29.2 Å². The molecular weight excluding hydrogens is 320 g/mol. The molecule has 2 aromatic rings. The van der Waals surface area contributed by atoms with Gasteiger partial charge in [0.05, 0.1) is 5.69 Å². The second-order valence-electron chi connectivity index (χ2n) is 5.20. The number of carbonyl (C=O) groups is 1. The van der Waals surface area contributed by atoms with Gasteiger partial charge < -0.3 is 16.0 Å². The molecule has 9 heteroatoms. The van der Waals surface area contributed by atoms with E-state index >= 15 is 0 Å². The highest BCUT2D eigenvalue weighted by Gasteiger charge is 2.12. The van der Waals surface area contributed by atoms with Gasteiger partial charge in [-0.15, -0.1) is 10.2 Å². The number of benzene rings is 1. The van der Waals surface area contributed by atoms with Crippen molar-refractivity contribution in [2.24, 2.45) is 10.2 Å². The highest BCUT2D eigenvalue weighted by Crippen LogP contribution is 2.32. The quantitative estimate of drug-likeness (QED) is 0.694. The summed E-state index contributed by atoms with van der Waals surface area (Å²) >= 11 is 0. The van der Waals surface area contributed by atoms with E-state index in [4.69, 9.17) is 11.0 Å². The molecule has 130 valence electrons. The standard InChI is InChI=1S/C16H20N8O/c1-4-24(5-2)11-6-7-13(14(8-11)19-10(3)25)20-22-16-12(9-17)15(18)21-23-16/h6-8H,4-5H2,1-3H3,(H,19,25)(H3,18,21,23). The molecule has 1 aromatic carbocycles. The fourth-order valence-electron chi connectivity index (χ4n) is 2.32. The van der Waals surface area contributed by atoms with Crippen molar-refractivity contribution in [2.75, 3.05) is 29.0 Å². The third-order valence-electron chi connectivity index (χ3n) is 3.56. The van der Waals surface area contributed by atoms with Crippen LogP contribution in [0.25, 0.3) is 0 Å². The van der Waals surface area contributed by atoms with Crippen molar-refractivity contribution in [3.63, 3.8) is 0 Å². The van der Waals surface area contributed by atoms with Gasteiger partial charge in [0.1, 0.15) is 23.1 Å². The number of H-pyrrole nitrogens is 1. The Morgan fingerprint density at radius 3 is 2.72 bits per heavy atom. The van der Waals surface area contributed by atoms with Gasteiger partial charge in [0.2, 0.25) is 11.7 Å². The van der Waals surface area contributed by atoms with Crippen molar-refractivity contribution < 1.29 is 4.79 Å². The van der Waals surface area contributed by atoms with Crippen LogP contribution in [0.3, 0.4) is 0 Å². The molecule has 1 aromatic heterocycles. The maximum atomic E-state index is 11.5. The monoisotopic (exact) mass is 340 g/mol. The summed E-state index contributed by atoms with van der Waals surface area (Å²) in [6, 6.07) is 7.41. The van der Waals surface area contributed by atoms with Crippen molar-refractivity contribution in [1.82, 2.24) is 10.2 Å². The highest BCUT2D eigenvalue weighted by molar-refractivity contribution is 5.93. The van der Waals surface area contributed by atoms with Gasteiger partial charge in [0, 0.05) is 25.7 Å². The van der Waals surface area contributed by atoms with Crippen LogP contribution in [0.1, 0.15) is 26.3 Å². The summed E-state index contributed by atoms with van der Waals surface area (Å²) in [7, 11) is 0. The first-order valence-electron chi connectivity index (χ1n) is 7.82. The fourth-order valence-corrected chi connectivity index (χ4v) is 2.32. The van der Waals surface area contributed by atoms with Crippen LogP contribution in [0.5, 0.6) is 0 Å². The van der Waals surface area contributed by atoms with Gasteiger partial charge >= 0.3 is 0 Å².